The van der Waals surface area contributed by atoms with Gasteiger partial charge in [0.1, 0.15) is 5.56 Å². The van der Waals surface area contributed by atoms with Crippen molar-refractivity contribution in [3.63, 3.8) is 0 Å². The van der Waals surface area contributed by atoms with Crippen molar-refractivity contribution in [3.8, 4) is 0 Å². The summed E-state index contributed by atoms with van der Waals surface area (Å²) >= 11 is 0. The molecule has 0 spiro atoms. The molecule has 0 saturated heterocycles. The molecular weight excluding hydrogens is 256 g/mol. The standard InChI is InChI=1S/C15H18N2O3/c1-4-17(5-2)11-7-6-10-8-12(15(19)20-3)14(18)16-13(10)9-11/h6-9H,4-5H2,1-3H3,(H,16,18). The lowest BCUT2D eigenvalue weighted by Gasteiger charge is -2.21. The van der Waals surface area contributed by atoms with Crippen molar-refractivity contribution in [2.45, 2.75) is 13.8 Å². The maximum atomic E-state index is 11.9. The third-order valence-corrected chi connectivity index (χ3v) is 3.36. The summed E-state index contributed by atoms with van der Waals surface area (Å²) in [6, 6.07) is 7.36. The number of methoxy groups -OCH3 is 1. The second-order valence-electron chi connectivity index (χ2n) is 4.45. The first-order valence-electron chi connectivity index (χ1n) is 6.61. The molecule has 0 amide bonds. The number of anilines is 1. The second-order valence-corrected chi connectivity index (χ2v) is 4.45. The fourth-order valence-electron chi connectivity index (χ4n) is 2.24. The highest BCUT2D eigenvalue weighted by molar-refractivity contribution is 5.94. The highest BCUT2D eigenvalue weighted by atomic mass is 16.5. The monoisotopic (exact) mass is 274 g/mol. The van der Waals surface area contributed by atoms with Crippen molar-refractivity contribution in [2.75, 3.05) is 25.1 Å². The molecule has 2 rings (SSSR count). The fourth-order valence-corrected chi connectivity index (χ4v) is 2.24. The number of ether oxygens (including phenoxy) is 1. The van der Waals surface area contributed by atoms with Crippen molar-refractivity contribution < 1.29 is 9.53 Å². The molecule has 0 radical (unpaired) electrons. The molecule has 0 saturated carbocycles. The zero-order chi connectivity index (χ0) is 14.7. The molecule has 1 heterocycles. The quantitative estimate of drug-likeness (QED) is 0.868. The number of fused-ring (bicyclic) bond motifs is 1. The topological polar surface area (TPSA) is 62.4 Å². The largest absolute Gasteiger partial charge is 0.465 e. The number of rotatable bonds is 4. The maximum Gasteiger partial charge on any atom is 0.343 e. The normalized spacial score (nSPS) is 10.6. The molecule has 1 N–H and O–H groups in total. The Morgan fingerprint density at radius 2 is 1.95 bits per heavy atom. The first kappa shape index (κ1) is 14.1. The third kappa shape index (κ3) is 2.52. The van der Waals surface area contributed by atoms with Crippen LogP contribution in [-0.4, -0.2) is 31.2 Å². The molecule has 0 fully saturated rings. The van der Waals surface area contributed by atoms with Gasteiger partial charge in [0.05, 0.1) is 12.6 Å². The Labute approximate surface area is 117 Å². The number of carbonyl (C=O) groups excluding carboxylic acids is 1. The van der Waals surface area contributed by atoms with Crippen molar-refractivity contribution in [1.29, 1.82) is 0 Å². The fraction of sp³-hybridized carbons (Fsp3) is 0.333. The smallest absolute Gasteiger partial charge is 0.343 e. The molecule has 0 aliphatic rings. The molecule has 1 aromatic carbocycles. The van der Waals surface area contributed by atoms with E-state index in [0.29, 0.717) is 5.52 Å². The van der Waals surface area contributed by atoms with Crippen LogP contribution in [0.1, 0.15) is 24.2 Å². The number of hydrogen-bond acceptors (Lipinski definition) is 4. The van der Waals surface area contributed by atoms with Crippen LogP contribution < -0.4 is 10.5 Å². The molecule has 0 atom stereocenters. The van der Waals surface area contributed by atoms with Gasteiger partial charge in [-0.25, -0.2) is 4.79 Å². The lowest BCUT2D eigenvalue weighted by atomic mass is 10.1. The number of hydrogen-bond donors (Lipinski definition) is 1. The van der Waals surface area contributed by atoms with E-state index in [2.05, 4.69) is 28.5 Å². The number of aromatic amines is 1. The Morgan fingerprint density at radius 3 is 2.55 bits per heavy atom. The maximum absolute atomic E-state index is 11.9. The van der Waals surface area contributed by atoms with Gasteiger partial charge in [0.15, 0.2) is 0 Å². The Morgan fingerprint density at radius 1 is 1.25 bits per heavy atom. The van der Waals surface area contributed by atoms with Crippen LogP contribution in [0.5, 0.6) is 0 Å². The van der Waals surface area contributed by atoms with E-state index in [4.69, 9.17) is 0 Å². The highest BCUT2D eigenvalue weighted by Gasteiger charge is 2.12. The summed E-state index contributed by atoms with van der Waals surface area (Å²) in [6.45, 7) is 5.95. The number of benzene rings is 1. The van der Waals surface area contributed by atoms with E-state index in [9.17, 15) is 9.59 Å². The average molecular weight is 274 g/mol. The minimum Gasteiger partial charge on any atom is -0.465 e. The molecule has 0 aliphatic heterocycles. The molecule has 1 aromatic heterocycles. The first-order chi connectivity index (χ1) is 9.60. The second kappa shape index (κ2) is 5.77. The number of aromatic nitrogens is 1. The van der Waals surface area contributed by atoms with Crippen LogP contribution >= 0.6 is 0 Å². The molecule has 20 heavy (non-hydrogen) atoms. The van der Waals surface area contributed by atoms with Gasteiger partial charge in [-0.2, -0.15) is 0 Å². The van der Waals surface area contributed by atoms with E-state index in [0.717, 1.165) is 24.2 Å². The lowest BCUT2D eigenvalue weighted by Crippen LogP contribution is -2.22. The first-order valence-corrected chi connectivity index (χ1v) is 6.61. The van der Waals surface area contributed by atoms with Crippen LogP contribution in [-0.2, 0) is 4.74 Å². The van der Waals surface area contributed by atoms with Gasteiger partial charge >= 0.3 is 5.97 Å². The minimum atomic E-state index is -0.624. The molecular formula is C15H18N2O3. The van der Waals surface area contributed by atoms with Crippen LogP contribution in [0.25, 0.3) is 10.9 Å². The van der Waals surface area contributed by atoms with Crippen LogP contribution in [0, 0.1) is 0 Å². The van der Waals surface area contributed by atoms with E-state index in [-0.39, 0.29) is 5.56 Å². The van der Waals surface area contributed by atoms with E-state index in [1.165, 1.54) is 7.11 Å². The minimum absolute atomic E-state index is 0.0237. The van der Waals surface area contributed by atoms with Gasteiger partial charge in [0.25, 0.3) is 5.56 Å². The summed E-state index contributed by atoms with van der Waals surface area (Å²) in [7, 11) is 1.26. The van der Waals surface area contributed by atoms with Crippen molar-refractivity contribution in [1.82, 2.24) is 4.98 Å². The molecule has 106 valence electrons. The number of nitrogens with one attached hydrogen (secondary N) is 1. The molecule has 5 nitrogen and oxygen atoms in total. The van der Waals surface area contributed by atoms with Crippen LogP contribution in [0.15, 0.2) is 29.1 Å². The predicted molar refractivity (Wildman–Crippen MR) is 79.5 cm³/mol. The molecule has 0 bridgehead atoms. The molecule has 5 heteroatoms. The van der Waals surface area contributed by atoms with Crippen LogP contribution in [0.4, 0.5) is 5.69 Å². The SMILES string of the molecule is CCN(CC)c1ccc2cc(C(=O)OC)c(=O)[nH]c2c1. The third-order valence-electron chi connectivity index (χ3n) is 3.36. The van der Waals surface area contributed by atoms with E-state index in [1.54, 1.807) is 6.07 Å². The van der Waals surface area contributed by atoms with Gasteiger partial charge in [0.2, 0.25) is 0 Å². The van der Waals surface area contributed by atoms with Crippen molar-refractivity contribution >= 4 is 22.6 Å². The summed E-state index contributed by atoms with van der Waals surface area (Å²) in [4.78, 5) is 28.3. The number of esters is 1. The Bertz CT molecular complexity index is 687. The van der Waals surface area contributed by atoms with Gasteiger partial charge in [-0.3, -0.25) is 4.79 Å². The van der Waals surface area contributed by atoms with Crippen LogP contribution in [0.2, 0.25) is 0 Å². The summed E-state index contributed by atoms with van der Waals surface area (Å²) in [6.07, 6.45) is 0. The summed E-state index contributed by atoms with van der Waals surface area (Å²) in [5.74, 6) is -0.624. The molecule has 0 unspecified atom stereocenters. The van der Waals surface area contributed by atoms with Gasteiger partial charge in [-0.05, 0) is 37.4 Å². The van der Waals surface area contributed by atoms with Gasteiger partial charge in [-0.15, -0.1) is 0 Å². The molecule has 2 aromatic rings. The van der Waals surface area contributed by atoms with Crippen molar-refractivity contribution in [2.24, 2.45) is 0 Å². The summed E-state index contributed by atoms with van der Waals surface area (Å²) in [5.41, 5.74) is 1.35. The van der Waals surface area contributed by atoms with Gasteiger partial charge in [-0.1, -0.05) is 6.07 Å². The van der Waals surface area contributed by atoms with E-state index >= 15 is 0 Å². The Hall–Kier alpha value is -2.30. The summed E-state index contributed by atoms with van der Waals surface area (Å²) < 4.78 is 4.60. The zero-order valence-corrected chi connectivity index (χ0v) is 11.9. The van der Waals surface area contributed by atoms with Crippen molar-refractivity contribution in [3.05, 3.63) is 40.2 Å². The number of H-pyrrole nitrogens is 1. The van der Waals surface area contributed by atoms with E-state index in [1.807, 2.05) is 18.2 Å². The zero-order valence-electron chi connectivity index (χ0n) is 11.9. The Kier molecular flexibility index (Phi) is 4.08. The number of nitrogens with zero attached hydrogens (tertiary/aromatic N) is 1. The van der Waals surface area contributed by atoms with Gasteiger partial charge in [0, 0.05) is 18.8 Å². The van der Waals surface area contributed by atoms with Gasteiger partial charge < -0.3 is 14.6 Å². The number of carbonyl (C=O) groups is 1. The van der Waals surface area contributed by atoms with Crippen LogP contribution in [0.3, 0.4) is 0 Å². The lowest BCUT2D eigenvalue weighted by molar-refractivity contribution is 0.0599. The number of pyridine rings is 1. The average Bonchev–Trinajstić information content (AvgIpc) is 2.47. The molecule has 0 aliphatic carbocycles. The highest BCUT2D eigenvalue weighted by Crippen LogP contribution is 2.20. The summed E-state index contributed by atoms with van der Waals surface area (Å²) in [5, 5.41) is 0.806. The predicted octanol–water partition coefficient (Wildman–Crippen LogP) is 2.16. The Balaban J connectivity index is 2.55. The van der Waals surface area contributed by atoms with E-state index < -0.39 is 11.5 Å².